The van der Waals surface area contributed by atoms with Gasteiger partial charge in [0, 0.05) is 6.54 Å². The fourth-order valence-electron chi connectivity index (χ4n) is 1.75. The molecule has 0 amide bonds. The molecule has 0 aliphatic rings. The van der Waals surface area contributed by atoms with E-state index >= 15 is 0 Å². The van der Waals surface area contributed by atoms with Gasteiger partial charge in [-0.25, -0.2) is 0 Å². The number of unbranched alkanes of at least 4 members (excludes halogenated alkanes) is 1. The van der Waals surface area contributed by atoms with Gasteiger partial charge in [0.15, 0.2) is 5.11 Å². The zero-order valence-electron chi connectivity index (χ0n) is 11.6. The van der Waals surface area contributed by atoms with E-state index in [9.17, 15) is 0 Å². The number of benzene rings is 1. The van der Waals surface area contributed by atoms with Gasteiger partial charge in [0.25, 0.3) is 0 Å². The summed E-state index contributed by atoms with van der Waals surface area (Å²) < 4.78 is 0. The predicted octanol–water partition coefficient (Wildman–Crippen LogP) is 3.57. The molecule has 0 aromatic heterocycles. The third-order valence-corrected chi connectivity index (χ3v) is 3.31. The van der Waals surface area contributed by atoms with Crippen LogP contribution in [0.3, 0.4) is 0 Å². The van der Waals surface area contributed by atoms with E-state index in [2.05, 4.69) is 55.7 Å². The van der Waals surface area contributed by atoms with Crippen LogP contribution in [0.4, 0.5) is 0 Å². The van der Waals surface area contributed by atoms with Gasteiger partial charge in [0.1, 0.15) is 0 Å². The lowest BCUT2D eigenvalue weighted by molar-refractivity contribution is 0.682. The van der Waals surface area contributed by atoms with Crippen LogP contribution in [-0.4, -0.2) is 11.7 Å². The van der Waals surface area contributed by atoms with Gasteiger partial charge in [-0.2, -0.15) is 0 Å². The molecule has 1 unspecified atom stereocenters. The third kappa shape index (κ3) is 5.05. The summed E-state index contributed by atoms with van der Waals surface area (Å²) in [5.41, 5.74) is 2.64. The zero-order valence-corrected chi connectivity index (χ0v) is 12.4. The van der Waals surface area contributed by atoms with Crippen molar-refractivity contribution in [1.29, 1.82) is 0 Å². The summed E-state index contributed by atoms with van der Waals surface area (Å²) >= 11 is 5.27. The van der Waals surface area contributed by atoms with Crippen LogP contribution < -0.4 is 10.6 Å². The highest BCUT2D eigenvalue weighted by Crippen LogP contribution is 2.13. The highest BCUT2D eigenvalue weighted by atomic mass is 32.1. The maximum atomic E-state index is 5.27. The lowest BCUT2D eigenvalue weighted by atomic mass is 10.1. The minimum atomic E-state index is 0.248. The Kier molecular flexibility index (Phi) is 6.73. The van der Waals surface area contributed by atoms with E-state index in [1.54, 1.807) is 0 Å². The van der Waals surface area contributed by atoms with Gasteiger partial charge in [-0.3, -0.25) is 0 Å². The first-order valence-corrected chi connectivity index (χ1v) is 7.21. The lowest BCUT2D eigenvalue weighted by Crippen LogP contribution is -2.37. The van der Waals surface area contributed by atoms with Crippen molar-refractivity contribution in [3.63, 3.8) is 0 Å². The minimum absolute atomic E-state index is 0.248. The summed E-state index contributed by atoms with van der Waals surface area (Å²) in [7, 11) is 0. The van der Waals surface area contributed by atoms with Crippen molar-refractivity contribution in [3.05, 3.63) is 35.4 Å². The molecule has 0 bridgehead atoms. The molecule has 0 heterocycles. The van der Waals surface area contributed by atoms with E-state index in [1.807, 2.05) is 0 Å². The lowest BCUT2D eigenvalue weighted by Gasteiger charge is -2.17. The van der Waals surface area contributed by atoms with Gasteiger partial charge in [-0.1, -0.05) is 44.5 Å². The Morgan fingerprint density at radius 2 is 1.89 bits per heavy atom. The summed E-state index contributed by atoms with van der Waals surface area (Å²) in [6.45, 7) is 7.43. The van der Waals surface area contributed by atoms with Crippen molar-refractivity contribution in [2.24, 2.45) is 0 Å². The van der Waals surface area contributed by atoms with Crippen LogP contribution in [0.5, 0.6) is 0 Å². The Morgan fingerprint density at radius 3 is 2.44 bits per heavy atom. The molecule has 1 rings (SSSR count). The molecule has 1 aromatic rings. The number of aryl methyl sites for hydroxylation is 1. The number of rotatable bonds is 6. The second-order valence-electron chi connectivity index (χ2n) is 4.57. The normalized spacial score (nSPS) is 11.9. The van der Waals surface area contributed by atoms with Crippen molar-refractivity contribution in [2.75, 3.05) is 6.54 Å². The molecule has 1 aromatic carbocycles. The fraction of sp³-hybridized carbons (Fsp3) is 0.533. The molecule has 100 valence electrons. The first-order valence-electron chi connectivity index (χ1n) is 6.80. The Bertz CT molecular complexity index is 359. The molecule has 0 aliphatic carbocycles. The van der Waals surface area contributed by atoms with Crippen molar-refractivity contribution < 1.29 is 0 Å². The molecule has 2 nitrogen and oxygen atoms in total. The zero-order chi connectivity index (χ0) is 13.4. The molecular weight excluding hydrogens is 240 g/mol. The van der Waals surface area contributed by atoms with Gasteiger partial charge in [0.2, 0.25) is 0 Å². The second-order valence-corrected chi connectivity index (χ2v) is 4.98. The van der Waals surface area contributed by atoms with Crippen LogP contribution in [0.25, 0.3) is 0 Å². The van der Waals surface area contributed by atoms with Crippen LogP contribution in [-0.2, 0) is 6.42 Å². The third-order valence-electron chi connectivity index (χ3n) is 3.05. The van der Waals surface area contributed by atoms with E-state index < -0.39 is 0 Å². The van der Waals surface area contributed by atoms with Crippen LogP contribution in [0.1, 0.15) is 50.8 Å². The van der Waals surface area contributed by atoms with Gasteiger partial charge >= 0.3 is 0 Å². The van der Waals surface area contributed by atoms with Crippen molar-refractivity contribution in [3.8, 4) is 0 Å². The maximum absolute atomic E-state index is 5.27. The summed E-state index contributed by atoms with van der Waals surface area (Å²) in [5.74, 6) is 0. The monoisotopic (exact) mass is 264 g/mol. The Labute approximate surface area is 116 Å². The summed E-state index contributed by atoms with van der Waals surface area (Å²) in [4.78, 5) is 0. The van der Waals surface area contributed by atoms with E-state index in [0.29, 0.717) is 0 Å². The highest BCUT2D eigenvalue weighted by molar-refractivity contribution is 7.80. The molecule has 0 radical (unpaired) electrons. The predicted molar refractivity (Wildman–Crippen MR) is 82.9 cm³/mol. The Morgan fingerprint density at radius 1 is 1.22 bits per heavy atom. The molecule has 0 saturated heterocycles. The smallest absolute Gasteiger partial charge is 0.166 e. The molecule has 3 heteroatoms. The van der Waals surface area contributed by atoms with Gasteiger partial charge in [-0.15, -0.1) is 0 Å². The first kappa shape index (κ1) is 15.0. The molecule has 0 saturated carbocycles. The van der Waals surface area contributed by atoms with Crippen molar-refractivity contribution in [1.82, 2.24) is 10.6 Å². The number of thiocarbonyl (C=S) groups is 1. The molecule has 0 fully saturated rings. The van der Waals surface area contributed by atoms with E-state index in [-0.39, 0.29) is 6.04 Å². The topological polar surface area (TPSA) is 24.1 Å². The van der Waals surface area contributed by atoms with Crippen LogP contribution >= 0.6 is 12.2 Å². The van der Waals surface area contributed by atoms with Crippen molar-refractivity contribution >= 4 is 17.3 Å². The molecule has 0 aliphatic heterocycles. The number of nitrogens with one attached hydrogen (secondary N) is 2. The average molecular weight is 264 g/mol. The standard InChI is InChI=1S/C15H24N2S/c1-4-6-11-16-15(18)17-12(3)14-9-7-13(5-2)8-10-14/h7-10,12H,4-6,11H2,1-3H3,(H2,16,17,18). The molecule has 1 atom stereocenters. The maximum Gasteiger partial charge on any atom is 0.166 e. The number of hydrogen-bond donors (Lipinski definition) is 2. The Balaban J connectivity index is 2.43. The van der Waals surface area contributed by atoms with E-state index in [0.717, 1.165) is 24.5 Å². The van der Waals surface area contributed by atoms with Gasteiger partial charge in [0.05, 0.1) is 6.04 Å². The number of hydrogen-bond acceptors (Lipinski definition) is 1. The summed E-state index contributed by atoms with van der Waals surface area (Å²) in [5, 5.41) is 7.29. The van der Waals surface area contributed by atoms with Gasteiger partial charge in [-0.05, 0) is 43.1 Å². The summed E-state index contributed by atoms with van der Waals surface area (Å²) in [6, 6.07) is 8.95. The Hall–Kier alpha value is -1.09. The minimum Gasteiger partial charge on any atom is -0.363 e. The SMILES string of the molecule is CCCCNC(=S)NC(C)c1ccc(CC)cc1. The van der Waals surface area contributed by atoms with Crippen LogP contribution in [0.2, 0.25) is 0 Å². The fourth-order valence-corrected chi connectivity index (χ4v) is 2.03. The van der Waals surface area contributed by atoms with Crippen LogP contribution in [0, 0.1) is 0 Å². The molecule has 2 N–H and O–H groups in total. The first-order chi connectivity index (χ1) is 8.67. The molecule has 18 heavy (non-hydrogen) atoms. The van der Waals surface area contributed by atoms with Crippen LogP contribution in [0.15, 0.2) is 24.3 Å². The van der Waals surface area contributed by atoms with Gasteiger partial charge < -0.3 is 10.6 Å². The van der Waals surface area contributed by atoms with Crippen molar-refractivity contribution in [2.45, 2.75) is 46.1 Å². The molecular formula is C15H24N2S. The quantitative estimate of drug-likeness (QED) is 0.607. The summed E-state index contributed by atoms with van der Waals surface area (Å²) in [6.07, 6.45) is 3.42. The second kappa shape index (κ2) is 8.09. The van der Waals surface area contributed by atoms with E-state index in [4.69, 9.17) is 12.2 Å². The average Bonchev–Trinajstić information content (AvgIpc) is 2.39. The highest BCUT2D eigenvalue weighted by Gasteiger charge is 2.06. The van der Waals surface area contributed by atoms with E-state index in [1.165, 1.54) is 17.5 Å². The largest absolute Gasteiger partial charge is 0.363 e. The molecule has 0 spiro atoms.